The lowest BCUT2D eigenvalue weighted by Crippen LogP contribution is -2.32. The van der Waals surface area contributed by atoms with E-state index in [-0.39, 0.29) is 0 Å². The van der Waals surface area contributed by atoms with E-state index in [1.807, 2.05) is 18.2 Å². The monoisotopic (exact) mass is 664 g/mol. The van der Waals surface area contributed by atoms with Gasteiger partial charge in [-0.05, 0) is 93.0 Å². The Kier molecular flexibility index (Phi) is 5.43. The zero-order valence-corrected chi connectivity index (χ0v) is 27.9. The second-order valence-electron chi connectivity index (χ2n) is 14.0. The molecule has 0 bridgehead atoms. The van der Waals surface area contributed by atoms with Gasteiger partial charge in [-0.25, -0.2) is 0 Å². The van der Waals surface area contributed by atoms with Gasteiger partial charge in [-0.1, -0.05) is 121 Å². The van der Waals surface area contributed by atoms with Gasteiger partial charge < -0.3 is 13.6 Å². The number of rotatable bonds is 2. The molecule has 2 aliphatic rings. The lowest BCUT2D eigenvalue weighted by Gasteiger charge is -2.39. The molecule has 0 radical (unpaired) electrons. The molecule has 0 N–H and O–H groups in total. The van der Waals surface area contributed by atoms with E-state index in [1.165, 1.54) is 27.8 Å². The SMILES string of the molecule is c1ccc2c(c1)Oc1cc(-c3ccc4c(c3)oc3cc(-c5cccc6oc7ccccc7c56)ccc34)ccc1C21c2ccccc2-c2ccccc21. The largest absolute Gasteiger partial charge is 0.457 e. The minimum Gasteiger partial charge on any atom is -0.457 e. The molecule has 52 heavy (non-hydrogen) atoms. The zero-order chi connectivity index (χ0) is 34.0. The summed E-state index contributed by atoms with van der Waals surface area (Å²) in [4.78, 5) is 0. The van der Waals surface area contributed by atoms with Gasteiger partial charge in [0.2, 0.25) is 0 Å². The molecule has 0 saturated carbocycles. The van der Waals surface area contributed by atoms with Crippen LogP contribution in [0.2, 0.25) is 0 Å². The summed E-state index contributed by atoms with van der Waals surface area (Å²) in [5, 5.41) is 4.44. The summed E-state index contributed by atoms with van der Waals surface area (Å²) in [6.45, 7) is 0. The van der Waals surface area contributed by atoms with Crippen LogP contribution in [0.3, 0.4) is 0 Å². The molecular weight excluding hydrogens is 637 g/mol. The smallest absolute Gasteiger partial charge is 0.136 e. The molecule has 2 aromatic heterocycles. The van der Waals surface area contributed by atoms with E-state index in [0.29, 0.717) is 0 Å². The number of hydrogen-bond acceptors (Lipinski definition) is 3. The predicted molar refractivity (Wildman–Crippen MR) is 209 cm³/mol. The minimum absolute atomic E-state index is 0.469. The molecule has 3 nitrogen and oxygen atoms in total. The van der Waals surface area contributed by atoms with Crippen molar-refractivity contribution in [3.63, 3.8) is 0 Å². The summed E-state index contributed by atoms with van der Waals surface area (Å²) >= 11 is 0. The Hall–Kier alpha value is -6.84. The third-order valence-corrected chi connectivity index (χ3v) is 11.4. The van der Waals surface area contributed by atoms with Crippen molar-refractivity contribution in [1.29, 1.82) is 0 Å². The molecule has 0 fully saturated rings. The molecule has 242 valence electrons. The van der Waals surface area contributed by atoms with Gasteiger partial charge in [-0.15, -0.1) is 0 Å². The van der Waals surface area contributed by atoms with Crippen molar-refractivity contribution in [2.75, 3.05) is 0 Å². The molecular formula is C49H28O3. The molecule has 1 spiro atoms. The van der Waals surface area contributed by atoms with Crippen LogP contribution in [-0.2, 0) is 5.41 Å². The maximum atomic E-state index is 6.77. The van der Waals surface area contributed by atoms with Crippen molar-refractivity contribution in [1.82, 2.24) is 0 Å². The van der Waals surface area contributed by atoms with Crippen LogP contribution in [0.25, 0.3) is 77.3 Å². The minimum atomic E-state index is -0.469. The Balaban J connectivity index is 0.997. The normalized spacial score (nSPS) is 13.7. The zero-order valence-electron chi connectivity index (χ0n) is 27.9. The highest BCUT2D eigenvalue weighted by molar-refractivity contribution is 6.14. The summed E-state index contributed by atoms with van der Waals surface area (Å²) in [5.41, 5.74) is 14.9. The van der Waals surface area contributed by atoms with Crippen LogP contribution < -0.4 is 4.74 Å². The van der Waals surface area contributed by atoms with Gasteiger partial charge in [0, 0.05) is 32.7 Å². The summed E-state index contributed by atoms with van der Waals surface area (Å²) in [7, 11) is 0. The highest BCUT2D eigenvalue weighted by atomic mass is 16.5. The summed E-state index contributed by atoms with van der Waals surface area (Å²) in [5.74, 6) is 1.76. The van der Waals surface area contributed by atoms with Gasteiger partial charge in [0.1, 0.15) is 33.8 Å². The Morgan fingerprint density at radius 1 is 0.327 bits per heavy atom. The molecule has 0 saturated heterocycles. The van der Waals surface area contributed by atoms with Gasteiger partial charge in [-0.2, -0.15) is 0 Å². The fraction of sp³-hybridized carbons (Fsp3) is 0.0204. The van der Waals surface area contributed by atoms with Crippen LogP contribution in [0.15, 0.2) is 179 Å². The molecule has 0 atom stereocenters. The van der Waals surface area contributed by atoms with Crippen LogP contribution >= 0.6 is 0 Å². The number of fused-ring (bicyclic) bond motifs is 15. The van der Waals surface area contributed by atoms with Crippen molar-refractivity contribution in [2.24, 2.45) is 0 Å². The Morgan fingerprint density at radius 3 is 1.69 bits per heavy atom. The van der Waals surface area contributed by atoms with Crippen LogP contribution in [0.5, 0.6) is 11.5 Å². The third kappa shape index (κ3) is 3.59. The first kappa shape index (κ1) is 27.9. The van der Waals surface area contributed by atoms with Gasteiger partial charge >= 0.3 is 0 Å². The van der Waals surface area contributed by atoms with Crippen molar-refractivity contribution < 1.29 is 13.6 Å². The van der Waals surface area contributed by atoms with E-state index >= 15 is 0 Å². The summed E-state index contributed by atoms with van der Waals surface area (Å²) in [6, 6.07) is 60.4. The van der Waals surface area contributed by atoms with E-state index in [4.69, 9.17) is 13.6 Å². The number of furan rings is 2. The number of ether oxygens (including phenoxy) is 1. The van der Waals surface area contributed by atoms with E-state index in [9.17, 15) is 0 Å². The molecule has 3 heterocycles. The lowest BCUT2D eigenvalue weighted by atomic mass is 9.66. The Bertz CT molecular complexity index is 3070. The van der Waals surface area contributed by atoms with Crippen LogP contribution in [0, 0.1) is 0 Å². The standard InChI is InChI=1S/C49H28O3/c1-4-14-38-33(10-1)34-11-2-5-15-39(34)49(38)40-16-6-8-18-43(40)51-47-27-30(22-25-41(47)49)29-20-23-35-36-24-21-31(28-46(36)52-45(35)26-29)32-13-9-19-44-48(32)37-12-3-7-17-42(37)50-44/h1-28H. The Morgan fingerprint density at radius 2 is 0.885 bits per heavy atom. The second-order valence-corrected chi connectivity index (χ2v) is 14.0. The fourth-order valence-electron chi connectivity index (χ4n) is 9.18. The predicted octanol–water partition coefficient (Wildman–Crippen LogP) is 13.3. The molecule has 0 unspecified atom stereocenters. The average molecular weight is 665 g/mol. The van der Waals surface area contributed by atoms with Gasteiger partial charge in [0.15, 0.2) is 0 Å². The van der Waals surface area contributed by atoms with Crippen LogP contribution in [0.4, 0.5) is 0 Å². The highest BCUT2D eigenvalue weighted by Gasteiger charge is 2.50. The van der Waals surface area contributed by atoms with E-state index in [0.717, 1.165) is 83.2 Å². The quantitative estimate of drug-likeness (QED) is 0.184. The van der Waals surface area contributed by atoms with Crippen molar-refractivity contribution >= 4 is 43.9 Å². The molecule has 1 aliphatic heterocycles. The van der Waals surface area contributed by atoms with E-state index < -0.39 is 5.41 Å². The summed E-state index contributed by atoms with van der Waals surface area (Å²) < 4.78 is 19.6. The third-order valence-electron chi connectivity index (χ3n) is 11.4. The topological polar surface area (TPSA) is 35.5 Å². The Labute approximate surface area is 298 Å². The first-order valence-electron chi connectivity index (χ1n) is 17.7. The average Bonchev–Trinajstić information content (AvgIpc) is 3.86. The van der Waals surface area contributed by atoms with Crippen LogP contribution in [0.1, 0.15) is 22.3 Å². The number of benzene rings is 8. The number of hydrogen-bond donors (Lipinski definition) is 0. The van der Waals surface area contributed by atoms with Crippen molar-refractivity contribution in [3.05, 3.63) is 192 Å². The van der Waals surface area contributed by atoms with Gasteiger partial charge in [-0.3, -0.25) is 0 Å². The van der Waals surface area contributed by atoms with Crippen molar-refractivity contribution in [3.8, 4) is 44.9 Å². The molecule has 1 aliphatic carbocycles. The lowest BCUT2D eigenvalue weighted by molar-refractivity contribution is 0.436. The molecule has 3 heteroatoms. The summed E-state index contributed by atoms with van der Waals surface area (Å²) in [6.07, 6.45) is 0. The molecule has 8 aromatic carbocycles. The van der Waals surface area contributed by atoms with E-state index in [2.05, 4.69) is 152 Å². The first-order valence-corrected chi connectivity index (χ1v) is 17.7. The molecule has 0 amide bonds. The van der Waals surface area contributed by atoms with Crippen LogP contribution in [-0.4, -0.2) is 0 Å². The first-order chi connectivity index (χ1) is 25.8. The second kappa shape index (κ2) is 10.1. The van der Waals surface area contributed by atoms with Gasteiger partial charge in [0.05, 0.1) is 5.41 Å². The fourth-order valence-corrected chi connectivity index (χ4v) is 9.18. The van der Waals surface area contributed by atoms with Crippen molar-refractivity contribution in [2.45, 2.75) is 5.41 Å². The maximum Gasteiger partial charge on any atom is 0.136 e. The molecule has 10 aromatic rings. The number of para-hydroxylation sites is 2. The van der Waals surface area contributed by atoms with Gasteiger partial charge in [0.25, 0.3) is 0 Å². The molecule has 12 rings (SSSR count). The maximum absolute atomic E-state index is 6.77. The highest BCUT2D eigenvalue weighted by Crippen LogP contribution is 2.62. The van der Waals surface area contributed by atoms with E-state index in [1.54, 1.807) is 0 Å².